The number of nitrogens with two attached hydrogens (primary N) is 1. The van der Waals surface area contributed by atoms with Crippen molar-refractivity contribution in [2.45, 2.75) is 25.1 Å². The Hall–Kier alpha value is -1.44. The standard InChI is InChI=1S/C12H14F3N3OS/c13-12(14,15)9-4-3-8(10(16)19)11(18-9)17-7-2-1-5-20-6-7/h3-4,7H,1-2,5-6H2,(H2,16,19)(H,17,18). The maximum atomic E-state index is 12.7. The number of amides is 1. The van der Waals surface area contributed by atoms with E-state index in [4.69, 9.17) is 5.73 Å². The highest BCUT2D eigenvalue weighted by molar-refractivity contribution is 7.99. The molecule has 1 unspecified atom stereocenters. The summed E-state index contributed by atoms with van der Waals surface area (Å²) in [7, 11) is 0. The summed E-state index contributed by atoms with van der Waals surface area (Å²) in [6.07, 6.45) is -2.73. The van der Waals surface area contributed by atoms with E-state index in [1.54, 1.807) is 11.8 Å². The number of alkyl halides is 3. The lowest BCUT2D eigenvalue weighted by atomic mass is 10.1. The topological polar surface area (TPSA) is 68.0 Å². The first-order chi connectivity index (χ1) is 9.38. The Kier molecular flexibility index (Phi) is 4.42. The molecule has 2 rings (SSSR count). The SMILES string of the molecule is NC(=O)c1ccc(C(F)(F)F)nc1NC1CCCSC1. The van der Waals surface area contributed by atoms with Gasteiger partial charge in [0, 0.05) is 11.8 Å². The van der Waals surface area contributed by atoms with Crippen molar-refractivity contribution in [1.82, 2.24) is 4.98 Å². The fourth-order valence-electron chi connectivity index (χ4n) is 1.97. The van der Waals surface area contributed by atoms with Gasteiger partial charge in [-0.2, -0.15) is 24.9 Å². The van der Waals surface area contributed by atoms with Crippen LogP contribution < -0.4 is 11.1 Å². The van der Waals surface area contributed by atoms with Gasteiger partial charge in [0.2, 0.25) is 0 Å². The molecule has 1 fully saturated rings. The minimum atomic E-state index is -4.55. The van der Waals surface area contributed by atoms with Crippen LogP contribution in [0.1, 0.15) is 28.9 Å². The van der Waals surface area contributed by atoms with Crippen LogP contribution in [0.15, 0.2) is 12.1 Å². The average Bonchev–Trinajstić information content (AvgIpc) is 2.38. The summed E-state index contributed by atoms with van der Waals surface area (Å²) in [5.41, 5.74) is 4.12. The summed E-state index contributed by atoms with van der Waals surface area (Å²) in [5.74, 6) is 0.935. The van der Waals surface area contributed by atoms with Gasteiger partial charge in [-0.3, -0.25) is 4.79 Å². The predicted molar refractivity (Wildman–Crippen MR) is 71.7 cm³/mol. The number of nitrogens with zero attached hydrogens (tertiary/aromatic N) is 1. The highest BCUT2D eigenvalue weighted by Crippen LogP contribution is 2.30. The van der Waals surface area contributed by atoms with Crippen LogP contribution in [0.4, 0.5) is 19.0 Å². The summed E-state index contributed by atoms with van der Waals surface area (Å²) in [5, 5.41) is 2.91. The number of carbonyl (C=O) groups is 1. The minimum Gasteiger partial charge on any atom is -0.366 e. The van der Waals surface area contributed by atoms with E-state index < -0.39 is 17.8 Å². The molecule has 0 aliphatic carbocycles. The van der Waals surface area contributed by atoms with Gasteiger partial charge in [0.1, 0.15) is 11.5 Å². The van der Waals surface area contributed by atoms with E-state index in [0.717, 1.165) is 36.5 Å². The Labute approximate surface area is 118 Å². The third-order valence-electron chi connectivity index (χ3n) is 2.95. The third kappa shape index (κ3) is 3.56. The van der Waals surface area contributed by atoms with Crippen LogP contribution >= 0.6 is 11.8 Å². The maximum Gasteiger partial charge on any atom is 0.433 e. The molecular weight excluding hydrogens is 291 g/mol. The lowest BCUT2D eigenvalue weighted by Crippen LogP contribution is -2.28. The van der Waals surface area contributed by atoms with Crippen LogP contribution in [-0.4, -0.2) is 28.4 Å². The minimum absolute atomic E-state index is 0.00262. The Morgan fingerprint density at radius 3 is 2.75 bits per heavy atom. The van der Waals surface area contributed by atoms with E-state index in [9.17, 15) is 18.0 Å². The maximum absolute atomic E-state index is 12.7. The molecule has 0 saturated carbocycles. The van der Waals surface area contributed by atoms with Crippen LogP contribution in [0.25, 0.3) is 0 Å². The number of thioether (sulfide) groups is 1. The molecule has 1 aliphatic rings. The molecule has 110 valence electrons. The normalized spacial score (nSPS) is 19.6. The number of aromatic nitrogens is 1. The second kappa shape index (κ2) is 5.90. The predicted octanol–water partition coefficient (Wildman–Crippen LogP) is 2.51. The van der Waals surface area contributed by atoms with Crippen LogP contribution in [0.5, 0.6) is 0 Å². The van der Waals surface area contributed by atoms with E-state index in [1.165, 1.54) is 0 Å². The molecule has 3 N–H and O–H groups in total. The van der Waals surface area contributed by atoms with E-state index in [1.807, 2.05) is 0 Å². The average molecular weight is 305 g/mol. The van der Waals surface area contributed by atoms with Gasteiger partial charge in [0.05, 0.1) is 5.56 Å². The smallest absolute Gasteiger partial charge is 0.366 e. The number of primary amides is 1. The van der Waals surface area contributed by atoms with Crippen molar-refractivity contribution in [3.05, 3.63) is 23.4 Å². The van der Waals surface area contributed by atoms with Gasteiger partial charge in [-0.25, -0.2) is 4.98 Å². The summed E-state index contributed by atoms with van der Waals surface area (Å²) in [6.45, 7) is 0. The van der Waals surface area contributed by atoms with Gasteiger partial charge in [-0.05, 0) is 30.7 Å². The molecule has 0 bridgehead atoms. The van der Waals surface area contributed by atoms with Crippen molar-refractivity contribution >= 4 is 23.5 Å². The fourth-order valence-corrected chi connectivity index (χ4v) is 3.05. The van der Waals surface area contributed by atoms with Gasteiger partial charge < -0.3 is 11.1 Å². The molecule has 1 saturated heterocycles. The van der Waals surface area contributed by atoms with Crippen LogP contribution in [0.3, 0.4) is 0 Å². The van der Waals surface area contributed by atoms with Crippen LogP contribution in [0, 0.1) is 0 Å². The van der Waals surface area contributed by atoms with Gasteiger partial charge in [-0.1, -0.05) is 0 Å². The first kappa shape index (κ1) is 15.0. The van der Waals surface area contributed by atoms with E-state index >= 15 is 0 Å². The molecule has 4 nitrogen and oxygen atoms in total. The summed E-state index contributed by atoms with van der Waals surface area (Å²) < 4.78 is 38.0. The molecular formula is C12H14F3N3OS. The molecule has 1 aliphatic heterocycles. The van der Waals surface area contributed by atoms with Crippen LogP contribution in [0.2, 0.25) is 0 Å². The zero-order valence-electron chi connectivity index (χ0n) is 10.5. The molecule has 0 aromatic carbocycles. The zero-order chi connectivity index (χ0) is 14.8. The molecule has 1 aromatic rings. The van der Waals surface area contributed by atoms with E-state index in [2.05, 4.69) is 10.3 Å². The lowest BCUT2D eigenvalue weighted by Gasteiger charge is -2.24. The van der Waals surface area contributed by atoms with Crippen molar-refractivity contribution in [1.29, 1.82) is 0 Å². The first-order valence-corrected chi connectivity index (χ1v) is 7.25. The molecule has 20 heavy (non-hydrogen) atoms. The monoisotopic (exact) mass is 305 g/mol. The number of halogens is 3. The van der Waals surface area contributed by atoms with E-state index in [-0.39, 0.29) is 17.4 Å². The highest BCUT2D eigenvalue weighted by Gasteiger charge is 2.33. The largest absolute Gasteiger partial charge is 0.433 e. The van der Waals surface area contributed by atoms with Crippen LogP contribution in [-0.2, 0) is 6.18 Å². The van der Waals surface area contributed by atoms with Crippen molar-refractivity contribution < 1.29 is 18.0 Å². The van der Waals surface area contributed by atoms with Gasteiger partial charge in [0.15, 0.2) is 0 Å². The summed E-state index contributed by atoms with van der Waals surface area (Å²) >= 11 is 1.72. The molecule has 1 aromatic heterocycles. The Morgan fingerprint density at radius 2 is 2.20 bits per heavy atom. The molecule has 1 atom stereocenters. The highest BCUT2D eigenvalue weighted by atomic mass is 32.2. The number of hydrogen-bond acceptors (Lipinski definition) is 4. The quantitative estimate of drug-likeness (QED) is 0.900. The molecule has 1 amide bonds. The lowest BCUT2D eigenvalue weighted by molar-refractivity contribution is -0.141. The molecule has 0 radical (unpaired) electrons. The third-order valence-corrected chi connectivity index (χ3v) is 4.17. The first-order valence-electron chi connectivity index (χ1n) is 6.10. The van der Waals surface area contributed by atoms with Crippen molar-refractivity contribution in [2.24, 2.45) is 5.73 Å². The van der Waals surface area contributed by atoms with Crippen molar-refractivity contribution in [3.8, 4) is 0 Å². The van der Waals surface area contributed by atoms with Gasteiger partial charge in [0.25, 0.3) is 5.91 Å². The Morgan fingerprint density at radius 1 is 1.45 bits per heavy atom. The molecule has 8 heteroatoms. The fraction of sp³-hybridized carbons (Fsp3) is 0.500. The molecule has 2 heterocycles. The van der Waals surface area contributed by atoms with Gasteiger partial charge in [-0.15, -0.1) is 0 Å². The second-order valence-corrected chi connectivity index (χ2v) is 5.66. The van der Waals surface area contributed by atoms with Crippen molar-refractivity contribution in [2.75, 3.05) is 16.8 Å². The number of rotatable bonds is 3. The summed E-state index contributed by atoms with van der Waals surface area (Å²) in [6, 6.07) is 1.83. The number of carbonyl (C=O) groups excluding carboxylic acids is 1. The Balaban J connectivity index is 2.29. The second-order valence-electron chi connectivity index (χ2n) is 4.51. The molecule has 0 spiro atoms. The zero-order valence-corrected chi connectivity index (χ0v) is 11.4. The summed E-state index contributed by atoms with van der Waals surface area (Å²) in [4.78, 5) is 14.8. The number of anilines is 1. The van der Waals surface area contributed by atoms with E-state index in [0.29, 0.717) is 0 Å². The Bertz CT molecular complexity index is 501. The number of pyridine rings is 1. The van der Waals surface area contributed by atoms with Gasteiger partial charge >= 0.3 is 6.18 Å². The number of nitrogens with one attached hydrogen (secondary N) is 1. The number of hydrogen-bond donors (Lipinski definition) is 2. The van der Waals surface area contributed by atoms with Crippen molar-refractivity contribution in [3.63, 3.8) is 0 Å².